The molecular formula is C19H16F2N2O. The second-order valence-corrected chi connectivity index (χ2v) is 5.43. The molecule has 0 saturated carbocycles. The molecule has 1 N–H and O–H groups in total. The highest BCUT2D eigenvalue weighted by atomic mass is 19.1. The number of nitrogens with zero attached hydrogens (tertiary/aromatic N) is 1. The van der Waals surface area contributed by atoms with Crippen LogP contribution in [0.2, 0.25) is 0 Å². The quantitative estimate of drug-likeness (QED) is 0.741. The number of aromatic nitrogens is 1. The maximum atomic E-state index is 13.7. The van der Waals surface area contributed by atoms with Crippen molar-refractivity contribution in [1.29, 1.82) is 0 Å². The standard InChI is InChI=1S/C19H16F2N2O/c20-15-7-5-6-14(12-15)18(23-10-3-4-11-23)13-19(24)22-17-9-2-1-8-16(17)21/h1-12,18H,13H2,(H,22,24). The second kappa shape index (κ2) is 7.08. The predicted molar refractivity (Wildman–Crippen MR) is 88.6 cm³/mol. The highest BCUT2D eigenvalue weighted by Crippen LogP contribution is 2.24. The topological polar surface area (TPSA) is 34.0 Å². The summed E-state index contributed by atoms with van der Waals surface area (Å²) in [6, 6.07) is 15.4. The van der Waals surface area contributed by atoms with Crippen LogP contribution in [-0.4, -0.2) is 10.5 Å². The summed E-state index contributed by atoms with van der Waals surface area (Å²) in [6.45, 7) is 0. The Morgan fingerprint density at radius 3 is 2.46 bits per heavy atom. The minimum atomic E-state index is -0.492. The van der Waals surface area contributed by atoms with E-state index in [-0.39, 0.29) is 29.9 Å². The smallest absolute Gasteiger partial charge is 0.226 e. The van der Waals surface area contributed by atoms with E-state index in [1.807, 2.05) is 29.1 Å². The van der Waals surface area contributed by atoms with Gasteiger partial charge in [0.1, 0.15) is 11.6 Å². The first-order valence-electron chi connectivity index (χ1n) is 7.56. The summed E-state index contributed by atoms with van der Waals surface area (Å²) in [5, 5.41) is 2.57. The molecule has 0 aliphatic heterocycles. The lowest BCUT2D eigenvalue weighted by Crippen LogP contribution is -2.20. The molecule has 3 rings (SSSR count). The fourth-order valence-corrected chi connectivity index (χ4v) is 2.60. The Balaban J connectivity index is 1.82. The number of halogens is 2. The van der Waals surface area contributed by atoms with Crippen LogP contribution >= 0.6 is 0 Å². The number of nitrogens with one attached hydrogen (secondary N) is 1. The molecule has 0 bridgehead atoms. The summed E-state index contributed by atoms with van der Waals surface area (Å²) in [6.07, 6.45) is 3.68. The van der Waals surface area contributed by atoms with Crippen molar-refractivity contribution in [2.75, 3.05) is 5.32 Å². The molecule has 0 radical (unpaired) electrons. The summed E-state index contributed by atoms with van der Waals surface area (Å²) in [5.74, 6) is -1.20. The minimum Gasteiger partial charge on any atom is -0.346 e. The van der Waals surface area contributed by atoms with Crippen molar-refractivity contribution in [2.24, 2.45) is 0 Å². The molecule has 2 aromatic carbocycles. The Labute approximate surface area is 138 Å². The average Bonchev–Trinajstić information content (AvgIpc) is 3.09. The molecule has 3 aromatic rings. The van der Waals surface area contributed by atoms with Crippen molar-refractivity contribution in [1.82, 2.24) is 4.57 Å². The van der Waals surface area contributed by atoms with Gasteiger partial charge in [0.25, 0.3) is 0 Å². The zero-order valence-corrected chi connectivity index (χ0v) is 12.8. The van der Waals surface area contributed by atoms with Gasteiger partial charge < -0.3 is 9.88 Å². The molecule has 1 unspecified atom stereocenters. The van der Waals surface area contributed by atoms with E-state index in [0.29, 0.717) is 5.56 Å². The monoisotopic (exact) mass is 326 g/mol. The number of hydrogen-bond donors (Lipinski definition) is 1. The predicted octanol–water partition coefficient (Wildman–Crippen LogP) is 4.38. The lowest BCUT2D eigenvalue weighted by atomic mass is 10.0. The van der Waals surface area contributed by atoms with E-state index in [2.05, 4.69) is 5.32 Å². The summed E-state index contributed by atoms with van der Waals surface area (Å²) in [5.41, 5.74) is 0.808. The van der Waals surface area contributed by atoms with Gasteiger partial charge in [-0.3, -0.25) is 4.79 Å². The zero-order chi connectivity index (χ0) is 16.9. The van der Waals surface area contributed by atoms with Crippen molar-refractivity contribution < 1.29 is 13.6 Å². The van der Waals surface area contributed by atoms with Gasteiger partial charge in [0.2, 0.25) is 5.91 Å². The maximum absolute atomic E-state index is 13.7. The van der Waals surface area contributed by atoms with Gasteiger partial charge in [-0.25, -0.2) is 8.78 Å². The van der Waals surface area contributed by atoms with Gasteiger partial charge in [0, 0.05) is 12.4 Å². The molecular weight excluding hydrogens is 310 g/mol. The van der Waals surface area contributed by atoms with Crippen LogP contribution in [0, 0.1) is 11.6 Å². The van der Waals surface area contributed by atoms with Crippen molar-refractivity contribution in [3.8, 4) is 0 Å². The molecule has 0 aliphatic carbocycles. The van der Waals surface area contributed by atoms with E-state index in [1.165, 1.54) is 24.3 Å². The van der Waals surface area contributed by atoms with Gasteiger partial charge in [0.05, 0.1) is 18.2 Å². The SMILES string of the molecule is O=C(CC(c1cccc(F)c1)n1cccc1)Nc1ccccc1F. The largest absolute Gasteiger partial charge is 0.346 e. The molecule has 1 atom stereocenters. The first kappa shape index (κ1) is 15.9. The van der Waals surface area contributed by atoms with Crippen LogP contribution in [0.15, 0.2) is 73.1 Å². The van der Waals surface area contributed by atoms with Crippen LogP contribution in [0.1, 0.15) is 18.0 Å². The lowest BCUT2D eigenvalue weighted by molar-refractivity contribution is -0.116. The fourth-order valence-electron chi connectivity index (χ4n) is 2.60. The third-order valence-corrected chi connectivity index (χ3v) is 3.75. The van der Waals surface area contributed by atoms with E-state index >= 15 is 0 Å². The van der Waals surface area contributed by atoms with E-state index in [1.54, 1.807) is 24.3 Å². The summed E-state index contributed by atoms with van der Waals surface area (Å²) in [4.78, 5) is 12.3. The number of carbonyl (C=O) groups excluding carboxylic acids is 1. The van der Waals surface area contributed by atoms with E-state index < -0.39 is 5.82 Å². The fraction of sp³-hybridized carbons (Fsp3) is 0.105. The molecule has 0 spiro atoms. The number of para-hydroxylation sites is 1. The molecule has 1 heterocycles. The van der Waals surface area contributed by atoms with Gasteiger partial charge in [-0.2, -0.15) is 0 Å². The minimum absolute atomic E-state index is 0.0620. The maximum Gasteiger partial charge on any atom is 0.226 e. The normalized spacial score (nSPS) is 11.9. The van der Waals surface area contributed by atoms with E-state index in [4.69, 9.17) is 0 Å². The molecule has 3 nitrogen and oxygen atoms in total. The van der Waals surface area contributed by atoms with Gasteiger partial charge in [0.15, 0.2) is 0 Å². The highest BCUT2D eigenvalue weighted by Gasteiger charge is 2.18. The Morgan fingerprint density at radius 1 is 1.00 bits per heavy atom. The Kier molecular flexibility index (Phi) is 4.70. The van der Waals surface area contributed by atoms with Crippen molar-refractivity contribution in [3.63, 3.8) is 0 Å². The van der Waals surface area contributed by atoms with Gasteiger partial charge >= 0.3 is 0 Å². The average molecular weight is 326 g/mol. The molecule has 24 heavy (non-hydrogen) atoms. The van der Waals surface area contributed by atoms with Crippen LogP contribution in [0.4, 0.5) is 14.5 Å². The highest BCUT2D eigenvalue weighted by molar-refractivity contribution is 5.91. The molecule has 1 amide bonds. The molecule has 5 heteroatoms. The van der Waals surface area contributed by atoms with Crippen LogP contribution in [0.25, 0.3) is 0 Å². The number of benzene rings is 2. The number of anilines is 1. The van der Waals surface area contributed by atoms with Crippen LogP contribution < -0.4 is 5.32 Å². The first-order valence-corrected chi connectivity index (χ1v) is 7.56. The third-order valence-electron chi connectivity index (χ3n) is 3.75. The number of carbonyl (C=O) groups is 1. The Bertz CT molecular complexity index is 831. The zero-order valence-electron chi connectivity index (χ0n) is 12.8. The third kappa shape index (κ3) is 3.68. The van der Waals surface area contributed by atoms with E-state index in [9.17, 15) is 13.6 Å². The van der Waals surface area contributed by atoms with Crippen LogP contribution in [-0.2, 0) is 4.79 Å². The van der Waals surface area contributed by atoms with Gasteiger partial charge in [-0.15, -0.1) is 0 Å². The number of amides is 1. The molecule has 0 aliphatic rings. The Morgan fingerprint density at radius 2 is 1.75 bits per heavy atom. The second-order valence-electron chi connectivity index (χ2n) is 5.43. The van der Waals surface area contributed by atoms with Crippen molar-refractivity contribution >= 4 is 11.6 Å². The molecule has 0 saturated heterocycles. The number of hydrogen-bond acceptors (Lipinski definition) is 1. The van der Waals surface area contributed by atoms with Crippen molar-refractivity contribution in [2.45, 2.75) is 12.5 Å². The summed E-state index contributed by atoms with van der Waals surface area (Å²) in [7, 11) is 0. The van der Waals surface area contributed by atoms with Crippen molar-refractivity contribution in [3.05, 3.63) is 90.3 Å². The number of rotatable bonds is 5. The lowest BCUT2D eigenvalue weighted by Gasteiger charge is -2.19. The first-order chi connectivity index (χ1) is 11.6. The van der Waals surface area contributed by atoms with E-state index in [0.717, 1.165) is 0 Å². The van der Waals surface area contributed by atoms with Crippen LogP contribution in [0.5, 0.6) is 0 Å². The summed E-state index contributed by atoms with van der Waals surface area (Å²) >= 11 is 0. The van der Waals surface area contributed by atoms with Gasteiger partial charge in [-0.1, -0.05) is 24.3 Å². The van der Waals surface area contributed by atoms with Crippen LogP contribution in [0.3, 0.4) is 0 Å². The molecule has 1 aromatic heterocycles. The summed E-state index contributed by atoms with van der Waals surface area (Å²) < 4.78 is 29.0. The molecule has 122 valence electrons. The van der Waals surface area contributed by atoms with Gasteiger partial charge in [-0.05, 0) is 42.0 Å². The Hall–Kier alpha value is -2.95. The molecule has 0 fully saturated rings.